The standard InChI is InChI=1S/C23H24F3N3O2/c1-14-9-20(15(2)29(14)17-5-3-16(12-27)4-6-17)21(30)13-28-18-7-8-19(28)11-22(31,10-18)23(24,25)26/h3-6,9,18-19,31H,7-8,10-11,13H2,1-2H3/t18-,19-/m1/s1. The van der Waals surface area contributed by atoms with Crippen LogP contribution in [-0.4, -0.2) is 50.8 Å². The van der Waals surface area contributed by atoms with Crippen LogP contribution in [0.15, 0.2) is 30.3 Å². The second-order valence-electron chi connectivity index (χ2n) is 8.70. The summed E-state index contributed by atoms with van der Waals surface area (Å²) in [6.07, 6.45) is -4.31. The molecule has 1 aromatic heterocycles. The molecule has 31 heavy (non-hydrogen) atoms. The zero-order chi connectivity index (χ0) is 22.6. The van der Waals surface area contributed by atoms with Gasteiger partial charge in [0.05, 0.1) is 18.2 Å². The number of carbonyl (C=O) groups is 1. The minimum atomic E-state index is -4.66. The molecule has 2 atom stereocenters. The van der Waals surface area contributed by atoms with Crippen molar-refractivity contribution in [1.29, 1.82) is 5.26 Å². The third-order valence-electron chi connectivity index (χ3n) is 6.76. The molecular weight excluding hydrogens is 407 g/mol. The number of hydrogen-bond acceptors (Lipinski definition) is 4. The molecule has 2 bridgehead atoms. The van der Waals surface area contributed by atoms with Crippen molar-refractivity contribution < 1.29 is 23.1 Å². The Morgan fingerprint density at radius 3 is 2.29 bits per heavy atom. The first-order valence-corrected chi connectivity index (χ1v) is 10.3. The third kappa shape index (κ3) is 3.66. The van der Waals surface area contributed by atoms with E-state index in [1.807, 2.05) is 35.4 Å². The quantitative estimate of drug-likeness (QED) is 0.741. The second kappa shape index (κ2) is 7.50. The van der Waals surface area contributed by atoms with E-state index < -0.39 is 23.9 Å². The highest BCUT2D eigenvalue weighted by atomic mass is 19.4. The van der Waals surface area contributed by atoms with Gasteiger partial charge in [0.25, 0.3) is 0 Å². The van der Waals surface area contributed by atoms with E-state index in [1.165, 1.54) is 0 Å². The Hall–Kier alpha value is -2.63. The average Bonchev–Trinajstić information content (AvgIpc) is 3.13. The first-order valence-electron chi connectivity index (χ1n) is 10.3. The smallest absolute Gasteiger partial charge is 0.380 e. The number of alkyl halides is 3. The lowest BCUT2D eigenvalue weighted by molar-refractivity contribution is -0.278. The number of halogens is 3. The van der Waals surface area contributed by atoms with E-state index in [1.54, 1.807) is 18.2 Å². The maximum atomic E-state index is 13.3. The minimum absolute atomic E-state index is 0.0426. The lowest BCUT2D eigenvalue weighted by Crippen LogP contribution is -2.58. The van der Waals surface area contributed by atoms with Crippen molar-refractivity contribution in [3.63, 3.8) is 0 Å². The summed E-state index contributed by atoms with van der Waals surface area (Å²) >= 11 is 0. The molecule has 2 saturated heterocycles. The lowest BCUT2D eigenvalue weighted by atomic mass is 9.85. The first-order chi connectivity index (χ1) is 14.5. The van der Waals surface area contributed by atoms with Crippen molar-refractivity contribution in [2.75, 3.05) is 6.54 Å². The molecule has 0 unspecified atom stereocenters. The summed E-state index contributed by atoms with van der Waals surface area (Å²) in [6.45, 7) is 3.77. The van der Waals surface area contributed by atoms with Crippen molar-refractivity contribution in [2.45, 2.75) is 63.4 Å². The van der Waals surface area contributed by atoms with E-state index in [4.69, 9.17) is 5.26 Å². The number of nitrogens with zero attached hydrogens (tertiary/aromatic N) is 3. The topological polar surface area (TPSA) is 69.3 Å². The van der Waals surface area contributed by atoms with Crippen molar-refractivity contribution in [3.8, 4) is 11.8 Å². The number of hydrogen-bond donors (Lipinski definition) is 1. The molecule has 0 spiro atoms. The summed E-state index contributed by atoms with van der Waals surface area (Å²) in [6, 6.07) is 10.0. The summed E-state index contributed by atoms with van der Waals surface area (Å²) in [5.74, 6) is -0.137. The largest absolute Gasteiger partial charge is 0.417 e. The second-order valence-corrected chi connectivity index (χ2v) is 8.70. The van der Waals surface area contributed by atoms with Gasteiger partial charge in [0.1, 0.15) is 0 Å². The normalized spacial score (nSPS) is 26.1. The van der Waals surface area contributed by atoms with E-state index in [-0.39, 0.29) is 25.2 Å². The molecule has 1 aromatic carbocycles. The van der Waals surface area contributed by atoms with Gasteiger partial charge >= 0.3 is 6.18 Å². The average molecular weight is 431 g/mol. The molecule has 164 valence electrons. The van der Waals surface area contributed by atoms with Gasteiger partial charge in [0, 0.05) is 47.6 Å². The van der Waals surface area contributed by atoms with Crippen LogP contribution in [0.4, 0.5) is 13.2 Å². The van der Waals surface area contributed by atoms with Crippen molar-refractivity contribution in [3.05, 3.63) is 52.8 Å². The number of carbonyl (C=O) groups excluding carboxylic acids is 1. The minimum Gasteiger partial charge on any atom is -0.380 e. The Kier molecular flexibility index (Phi) is 5.23. The number of nitriles is 1. The maximum Gasteiger partial charge on any atom is 0.417 e. The SMILES string of the molecule is Cc1cc(C(=O)CN2[C@@H]3CC[C@@H]2CC(O)(C(F)(F)F)C3)c(C)n1-c1ccc(C#N)cc1. The number of aromatic nitrogens is 1. The molecule has 0 radical (unpaired) electrons. The number of piperidine rings is 1. The Balaban J connectivity index is 1.55. The number of rotatable bonds is 4. The molecule has 4 rings (SSSR count). The number of aryl methyl sites for hydroxylation is 1. The van der Waals surface area contributed by atoms with Crippen LogP contribution in [0, 0.1) is 25.2 Å². The van der Waals surface area contributed by atoms with E-state index in [0.29, 0.717) is 24.0 Å². The number of benzene rings is 1. The fourth-order valence-corrected chi connectivity index (χ4v) is 5.18. The summed E-state index contributed by atoms with van der Waals surface area (Å²) in [7, 11) is 0. The molecule has 8 heteroatoms. The molecule has 5 nitrogen and oxygen atoms in total. The molecule has 0 aliphatic carbocycles. The van der Waals surface area contributed by atoms with Gasteiger partial charge in [-0.25, -0.2) is 0 Å². The van der Waals surface area contributed by atoms with Crippen molar-refractivity contribution in [2.24, 2.45) is 0 Å². The van der Waals surface area contributed by atoms with Gasteiger partial charge in [-0.15, -0.1) is 0 Å². The number of fused-ring (bicyclic) bond motifs is 2. The highest BCUT2D eigenvalue weighted by Gasteiger charge is 2.60. The predicted octanol–water partition coefficient (Wildman–Crippen LogP) is 4.07. The van der Waals surface area contributed by atoms with Crippen molar-refractivity contribution in [1.82, 2.24) is 9.47 Å². The van der Waals surface area contributed by atoms with Gasteiger partial charge in [0.15, 0.2) is 11.4 Å². The van der Waals surface area contributed by atoms with E-state index in [0.717, 1.165) is 17.1 Å². The van der Waals surface area contributed by atoms with Gasteiger partial charge in [-0.3, -0.25) is 9.69 Å². The molecule has 2 fully saturated rings. The Morgan fingerprint density at radius 1 is 1.19 bits per heavy atom. The molecule has 2 aliphatic heterocycles. The molecule has 1 N–H and O–H groups in total. The number of aliphatic hydroxyl groups is 1. The highest BCUT2D eigenvalue weighted by Crippen LogP contribution is 2.47. The zero-order valence-corrected chi connectivity index (χ0v) is 17.4. The Labute approximate surface area is 178 Å². The molecule has 3 heterocycles. The van der Waals surface area contributed by atoms with Crippen LogP contribution < -0.4 is 0 Å². The maximum absolute atomic E-state index is 13.3. The molecule has 0 amide bonds. The van der Waals surface area contributed by atoms with Crippen LogP contribution in [0.25, 0.3) is 5.69 Å². The fourth-order valence-electron chi connectivity index (χ4n) is 5.18. The van der Waals surface area contributed by atoms with E-state index >= 15 is 0 Å². The predicted molar refractivity (Wildman–Crippen MR) is 108 cm³/mol. The van der Waals surface area contributed by atoms with Crippen LogP contribution in [0.5, 0.6) is 0 Å². The number of Topliss-reactive ketones (excluding diaryl/α,β-unsaturated/α-hetero) is 1. The van der Waals surface area contributed by atoms with Gasteiger partial charge in [-0.2, -0.15) is 18.4 Å². The monoisotopic (exact) mass is 431 g/mol. The summed E-state index contributed by atoms with van der Waals surface area (Å²) in [4.78, 5) is 15.0. The van der Waals surface area contributed by atoms with Crippen LogP contribution in [0.2, 0.25) is 0 Å². The summed E-state index contributed by atoms with van der Waals surface area (Å²) < 4.78 is 41.9. The Morgan fingerprint density at radius 2 is 1.77 bits per heavy atom. The van der Waals surface area contributed by atoms with Crippen LogP contribution >= 0.6 is 0 Å². The molecular formula is C23H24F3N3O2. The van der Waals surface area contributed by atoms with E-state index in [9.17, 15) is 23.1 Å². The van der Waals surface area contributed by atoms with Crippen molar-refractivity contribution >= 4 is 5.78 Å². The zero-order valence-electron chi connectivity index (χ0n) is 17.4. The first kappa shape index (κ1) is 21.6. The fraction of sp³-hybridized carbons (Fsp3) is 0.478. The molecule has 0 saturated carbocycles. The van der Waals surface area contributed by atoms with Crippen LogP contribution in [-0.2, 0) is 0 Å². The van der Waals surface area contributed by atoms with Gasteiger partial charge in [0.2, 0.25) is 0 Å². The molecule has 2 aromatic rings. The lowest BCUT2D eigenvalue weighted by Gasteiger charge is -2.44. The highest BCUT2D eigenvalue weighted by molar-refractivity contribution is 5.99. The van der Waals surface area contributed by atoms with Gasteiger partial charge in [-0.1, -0.05) is 0 Å². The van der Waals surface area contributed by atoms with Crippen LogP contribution in [0.1, 0.15) is 53.0 Å². The van der Waals surface area contributed by atoms with E-state index in [2.05, 4.69) is 6.07 Å². The van der Waals surface area contributed by atoms with Gasteiger partial charge in [-0.05, 0) is 57.0 Å². The summed E-state index contributed by atoms with van der Waals surface area (Å²) in [5.41, 5.74) is 0.868. The number of ketones is 1. The van der Waals surface area contributed by atoms with Crippen LogP contribution in [0.3, 0.4) is 0 Å². The summed E-state index contributed by atoms with van der Waals surface area (Å²) in [5, 5.41) is 19.1. The molecule has 2 aliphatic rings. The third-order valence-corrected chi connectivity index (χ3v) is 6.76. The Bertz CT molecular complexity index is 1040. The van der Waals surface area contributed by atoms with Gasteiger partial charge < -0.3 is 9.67 Å².